The Morgan fingerprint density at radius 1 is 1.29 bits per heavy atom. The molecule has 0 radical (unpaired) electrons. The SMILES string of the molecule is Cc1nc(C(=O)N2Cc3ccccc3C2)cs1. The van der Waals surface area contributed by atoms with Crippen LogP contribution in [0.3, 0.4) is 0 Å². The Hall–Kier alpha value is -1.68. The van der Waals surface area contributed by atoms with Gasteiger partial charge >= 0.3 is 0 Å². The summed E-state index contributed by atoms with van der Waals surface area (Å²) < 4.78 is 0. The summed E-state index contributed by atoms with van der Waals surface area (Å²) in [6, 6.07) is 8.18. The van der Waals surface area contributed by atoms with Crippen molar-refractivity contribution in [1.82, 2.24) is 9.88 Å². The van der Waals surface area contributed by atoms with Crippen LogP contribution in [0.4, 0.5) is 0 Å². The van der Waals surface area contributed by atoms with Crippen molar-refractivity contribution in [1.29, 1.82) is 0 Å². The third-order valence-corrected chi connectivity index (χ3v) is 3.74. The lowest BCUT2D eigenvalue weighted by Gasteiger charge is -2.13. The van der Waals surface area contributed by atoms with E-state index in [2.05, 4.69) is 17.1 Å². The van der Waals surface area contributed by atoms with E-state index in [1.807, 2.05) is 29.3 Å². The summed E-state index contributed by atoms with van der Waals surface area (Å²) >= 11 is 1.52. The third kappa shape index (κ3) is 1.85. The molecule has 1 aromatic carbocycles. The van der Waals surface area contributed by atoms with E-state index in [9.17, 15) is 4.79 Å². The molecule has 2 aromatic rings. The third-order valence-electron chi connectivity index (χ3n) is 2.97. The molecule has 0 saturated carbocycles. The van der Waals surface area contributed by atoms with Crippen molar-refractivity contribution in [3.63, 3.8) is 0 Å². The summed E-state index contributed by atoms with van der Waals surface area (Å²) in [5.74, 6) is 0.0329. The highest BCUT2D eigenvalue weighted by Crippen LogP contribution is 2.24. The van der Waals surface area contributed by atoms with Gasteiger partial charge in [-0.1, -0.05) is 24.3 Å². The molecule has 17 heavy (non-hydrogen) atoms. The second-order valence-corrected chi connectivity index (χ2v) is 5.24. The molecule has 3 nitrogen and oxygen atoms in total. The average Bonchev–Trinajstić information content (AvgIpc) is 2.93. The van der Waals surface area contributed by atoms with Gasteiger partial charge in [-0.2, -0.15) is 0 Å². The second kappa shape index (κ2) is 3.96. The lowest BCUT2D eigenvalue weighted by Crippen LogP contribution is -2.25. The number of nitrogens with zero attached hydrogens (tertiary/aromatic N) is 2. The number of fused-ring (bicyclic) bond motifs is 1. The normalized spacial score (nSPS) is 13.8. The molecule has 1 aliphatic rings. The van der Waals surface area contributed by atoms with Gasteiger partial charge in [-0.15, -0.1) is 11.3 Å². The Labute approximate surface area is 104 Å². The van der Waals surface area contributed by atoms with Crippen LogP contribution in [0.15, 0.2) is 29.6 Å². The Balaban J connectivity index is 1.83. The summed E-state index contributed by atoms with van der Waals surface area (Å²) in [6.45, 7) is 3.32. The number of benzene rings is 1. The minimum atomic E-state index is 0.0329. The van der Waals surface area contributed by atoms with Crippen LogP contribution in [-0.4, -0.2) is 15.8 Å². The van der Waals surface area contributed by atoms with Crippen molar-refractivity contribution < 1.29 is 4.79 Å². The van der Waals surface area contributed by atoms with E-state index in [4.69, 9.17) is 0 Å². The van der Waals surface area contributed by atoms with E-state index in [-0.39, 0.29) is 5.91 Å². The molecular formula is C13H12N2OS. The standard InChI is InChI=1S/C13H12N2OS/c1-9-14-12(8-17-9)13(16)15-6-10-4-2-3-5-11(10)7-15/h2-5,8H,6-7H2,1H3. The van der Waals surface area contributed by atoms with Crippen LogP contribution in [0, 0.1) is 6.92 Å². The minimum absolute atomic E-state index is 0.0329. The number of thiazole rings is 1. The molecule has 1 amide bonds. The van der Waals surface area contributed by atoms with Crippen LogP contribution in [-0.2, 0) is 13.1 Å². The fourth-order valence-electron chi connectivity index (χ4n) is 2.10. The zero-order valence-corrected chi connectivity index (χ0v) is 10.3. The van der Waals surface area contributed by atoms with Crippen molar-refractivity contribution >= 4 is 17.2 Å². The predicted octanol–water partition coefficient (Wildman–Crippen LogP) is 2.61. The highest BCUT2D eigenvalue weighted by molar-refractivity contribution is 7.09. The van der Waals surface area contributed by atoms with Gasteiger partial charge in [0.05, 0.1) is 5.01 Å². The highest BCUT2D eigenvalue weighted by Gasteiger charge is 2.24. The molecule has 0 spiro atoms. The first-order chi connectivity index (χ1) is 8.24. The molecule has 0 N–H and O–H groups in total. The molecule has 2 heterocycles. The number of amides is 1. The first kappa shape index (κ1) is 10.5. The molecule has 0 atom stereocenters. The highest BCUT2D eigenvalue weighted by atomic mass is 32.1. The summed E-state index contributed by atoms with van der Waals surface area (Å²) in [7, 11) is 0. The van der Waals surface area contributed by atoms with Crippen molar-refractivity contribution in [2.45, 2.75) is 20.0 Å². The van der Waals surface area contributed by atoms with Gasteiger partial charge in [-0.3, -0.25) is 4.79 Å². The molecule has 0 aliphatic carbocycles. The number of hydrogen-bond donors (Lipinski definition) is 0. The molecule has 86 valence electrons. The van der Waals surface area contributed by atoms with Crippen LogP contribution < -0.4 is 0 Å². The van der Waals surface area contributed by atoms with Crippen molar-refractivity contribution in [3.05, 3.63) is 51.5 Å². The van der Waals surface area contributed by atoms with Gasteiger partial charge < -0.3 is 4.90 Å². The molecule has 0 bridgehead atoms. The van der Waals surface area contributed by atoms with Crippen LogP contribution in [0.2, 0.25) is 0 Å². The monoisotopic (exact) mass is 244 g/mol. The number of aromatic nitrogens is 1. The Morgan fingerprint density at radius 2 is 1.94 bits per heavy atom. The summed E-state index contributed by atoms with van der Waals surface area (Å²) in [5, 5.41) is 2.77. The van der Waals surface area contributed by atoms with E-state index in [0.29, 0.717) is 18.8 Å². The topological polar surface area (TPSA) is 33.2 Å². The zero-order chi connectivity index (χ0) is 11.8. The molecule has 0 unspecified atom stereocenters. The van der Waals surface area contributed by atoms with Gasteiger partial charge in [0.15, 0.2) is 0 Å². The summed E-state index contributed by atoms with van der Waals surface area (Å²) in [6.07, 6.45) is 0. The predicted molar refractivity (Wildman–Crippen MR) is 66.9 cm³/mol. The molecular weight excluding hydrogens is 232 g/mol. The number of rotatable bonds is 1. The van der Waals surface area contributed by atoms with E-state index in [1.165, 1.54) is 22.5 Å². The molecule has 4 heteroatoms. The van der Waals surface area contributed by atoms with Crippen LogP contribution >= 0.6 is 11.3 Å². The number of carbonyl (C=O) groups excluding carboxylic acids is 1. The van der Waals surface area contributed by atoms with Crippen molar-refractivity contribution in [2.75, 3.05) is 0 Å². The maximum atomic E-state index is 12.2. The zero-order valence-electron chi connectivity index (χ0n) is 9.51. The Bertz CT molecular complexity index is 551. The maximum Gasteiger partial charge on any atom is 0.273 e. The van der Waals surface area contributed by atoms with E-state index in [0.717, 1.165) is 5.01 Å². The second-order valence-electron chi connectivity index (χ2n) is 4.18. The fourth-order valence-corrected chi connectivity index (χ4v) is 2.69. The van der Waals surface area contributed by atoms with Crippen molar-refractivity contribution in [2.24, 2.45) is 0 Å². The van der Waals surface area contributed by atoms with E-state index in [1.54, 1.807) is 0 Å². The number of carbonyl (C=O) groups is 1. The molecule has 3 rings (SSSR count). The van der Waals surface area contributed by atoms with Gasteiger partial charge in [-0.05, 0) is 18.1 Å². The summed E-state index contributed by atoms with van der Waals surface area (Å²) in [4.78, 5) is 18.3. The molecule has 1 aliphatic heterocycles. The van der Waals surface area contributed by atoms with Gasteiger partial charge in [0.2, 0.25) is 0 Å². The van der Waals surface area contributed by atoms with Crippen LogP contribution in [0.5, 0.6) is 0 Å². The largest absolute Gasteiger partial charge is 0.329 e. The van der Waals surface area contributed by atoms with Crippen molar-refractivity contribution in [3.8, 4) is 0 Å². The van der Waals surface area contributed by atoms with Gasteiger partial charge in [0.1, 0.15) is 5.69 Å². The Kier molecular flexibility index (Phi) is 2.44. The van der Waals surface area contributed by atoms with E-state index < -0.39 is 0 Å². The van der Waals surface area contributed by atoms with Gasteiger partial charge in [0.25, 0.3) is 5.91 Å². The van der Waals surface area contributed by atoms with Gasteiger partial charge in [-0.25, -0.2) is 4.98 Å². The molecule has 0 fully saturated rings. The Morgan fingerprint density at radius 3 is 2.47 bits per heavy atom. The first-order valence-electron chi connectivity index (χ1n) is 5.52. The lowest BCUT2D eigenvalue weighted by molar-refractivity contribution is 0.0746. The van der Waals surface area contributed by atoms with Crippen LogP contribution in [0.1, 0.15) is 26.6 Å². The smallest absolute Gasteiger partial charge is 0.273 e. The summed E-state index contributed by atoms with van der Waals surface area (Å²) in [5.41, 5.74) is 3.06. The van der Waals surface area contributed by atoms with Gasteiger partial charge in [0, 0.05) is 18.5 Å². The maximum absolute atomic E-state index is 12.2. The minimum Gasteiger partial charge on any atom is -0.329 e. The number of aryl methyl sites for hydroxylation is 1. The van der Waals surface area contributed by atoms with E-state index >= 15 is 0 Å². The molecule has 0 saturated heterocycles. The van der Waals surface area contributed by atoms with Crippen LogP contribution in [0.25, 0.3) is 0 Å². The number of hydrogen-bond acceptors (Lipinski definition) is 3. The fraction of sp³-hybridized carbons (Fsp3) is 0.231. The average molecular weight is 244 g/mol. The molecule has 1 aromatic heterocycles. The quantitative estimate of drug-likeness (QED) is 0.772. The first-order valence-corrected chi connectivity index (χ1v) is 6.40. The lowest BCUT2D eigenvalue weighted by atomic mass is 10.1.